The van der Waals surface area contributed by atoms with Crippen molar-refractivity contribution in [1.82, 2.24) is 33.9 Å². The van der Waals surface area contributed by atoms with Gasteiger partial charge in [-0.25, -0.2) is 14.8 Å². The van der Waals surface area contributed by atoms with Crippen LogP contribution in [-0.4, -0.2) is 77.7 Å². The van der Waals surface area contributed by atoms with Crippen molar-refractivity contribution in [2.45, 2.75) is 39.1 Å². The lowest BCUT2D eigenvalue weighted by Gasteiger charge is -2.35. The van der Waals surface area contributed by atoms with Gasteiger partial charge in [-0.15, -0.1) is 0 Å². The number of hydrogen-bond acceptors (Lipinski definition) is 8. The van der Waals surface area contributed by atoms with E-state index in [1.54, 1.807) is 48.8 Å². The fraction of sp³-hybridized carbons (Fsp3) is 0.357. The summed E-state index contributed by atoms with van der Waals surface area (Å²) in [5.74, 6) is -0.0638. The fourth-order valence-electron chi connectivity index (χ4n) is 4.67. The van der Waals surface area contributed by atoms with Gasteiger partial charge < -0.3 is 19.9 Å². The van der Waals surface area contributed by atoms with Gasteiger partial charge in [-0.05, 0) is 39.0 Å². The van der Waals surface area contributed by atoms with Crippen molar-refractivity contribution in [3.63, 3.8) is 0 Å². The highest BCUT2D eigenvalue weighted by atomic mass is 35.5. The van der Waals surface area contributed by atoms with Crippen LogP contribution in [0.4, 0.5) is 29.5 Å². The van der Waals surface area contributed by atoms with E-state index in [2.05, 4.69) is 20.4 Å². The highest BCUT2D eigenvalue weighted by Gasteiger charge is 2.38. The number of alkyl halides is 3. The standard InChI is InChI=1S/C28H27ClF3N9O3/c1-27(2,3)44-26(43)39-12-10-38(11-13-39)25(42)18-5-4-17(14-20(18)29)36-23-24-35-15-21(41(24)9-7-34-23)19-16-40(8-6-33)37-22(19)28(30,31)32/h4-5,7,9,14-16H,8,10-13H2,1-3H3,(H,34,36). The Hall–Kier alpha value is -4.84. The summed E-state index contributed by atoms with van der Waals surface area (Å²) in [6.45, 7) is 6.29. The van der Waals surface area contributed by atoms with Crippen LogP contribution in [0.25, 0.3) is 16.9 Å². The molecule has 0 bridgehead atoms. The smallest absolute Gasteiger partial charge is 0.435 e. The maximum Gasteiger partial charge on any atom is 0.435 e. The van der Waals surface area contributed by atoms with Crippen LogP contribution in [0.2, 0.25) is 5.02 Å². The van der Waals surface area contributed by atoms with Crippen LogP contribution in [0.5, 0.6) is 0 Å². The van der Waals surface area contributed by atoms with Crippen molar-refractivity contribution in [3.05, 3.63) is 59.3 Å². The van der Waals surface area contributed by atoms with Crippen molar-refractivity contribution >= 4 is 40.8 Å². The number of halogens is 4. The number of fused-ring (bicyclic) bond motifs is 1. The van der Waals surface area contributed by atoms with Crippen LogP contribution < -0.4 is 5.32 Å². The van der Waals surface area contributed by atoms with Gasteiger partial charge in [-0.3, -0.25) is 13.9 Å². The first kappa shape index (κ1) is 30.6. The zero-order chi connectivity index (χ0) is 31.8. The van der Waals surface area contributed by atoms with Crippen LogP contribution in [-0.2, 0) is 17.5 Å². The molecule has 0 spiro atoms. The number of carbonyl (C=O) groups is 2. The van der Waals surface area contributed by atoms with Gasteiger partial charge in [-0.1, -0.05) is 11.6 Å². The number of imidazole rings is 1. The summed E-state index contributed by atoms with van der Waals surface area (Å²) in [4.78, 5) is 37.3. The largest absolute Gasteiger partial charge is 0.444 e. The summed E-state index contributed by atoms with van der Waals surface area (Å²) in [6.07, 6.45) is 0.0846. The van der Waals surface area contributed by atoms with Crippen molar-refractivity contribution in [2.75, 3.05) is 31.5 Å². The first-order valence-corrected chi connectivity index (χ1v) is 13.8. The molecule has 1 aliphatic heterocycles. The summed E-state index contributed by atoms with van der Waals surface area (Å²) < 4.78 is 49.0. The third kappa shape index (κ3) is 6.40. The molecule has 230 valence electrons. The molecule has 0 atom stereocenters. The Morgan fingerprint density at radius 1 is 1.11 bits per heavy atom. The Morgan fingerprint density at radius 3 is 2.45 bits per heavy atom. The molecule has 0 saturated carbocycles. The van der Waals surface area contributed by atoms with Gasteiger partial charge in [0.05, 0.1) is 34.1 Å². The Balaban J connectivity index is 1.33. The number of piperazine rings is 1. The van der Waals surface area contributed by atoms with Crippen molar-refractivity contribution in [3.8, 4) is 17.3 Å². The van der Waals surface area contributed by atoms with E-state index in [0.29, 0.717) is 31.9 Å². The number of rotatable bonds is 5. The maximum atomic E-state index is 13.7. The molecule has 16 heteroatoms. The van der Waals surface area contributed by atoms with Crippen LogP contribution in [0, 0.1) is 11.3 Å². The number of nitrogens with one attached hydrogen (secondary N) is 1. The first-order valence-electron chi connectivity index (χ1n) is 13.4. The lowest BCUT2D eigenvalue weighted by molar-refractivity contribution is -0.141. The number of hydrogen-bond donors (Lipinski definition) is 1. The molecule has 4 heterocycles. The molecular weight excluding hydrogens is 603 g/mol. The number of amides is 2. The van der Waals surface area contributed by atoms with Crippen molar-refractivity contribution in [2.24, 2.45) is 0 Å². The predicted octanol–water partition coefficient (Wildman–Crippen LogP) is 5.23. The number of nitriles is 1. The molecule has 4 aromatic rings. The van der Waals surface area contributed by atoms with Gasteiger partial charge >= 0.3 is 12.3 Å². The molecule has 1 saturated heterocycles. The second-order valence-corrected chi connectivity index (χ2v) is 11.3. The molecule has 0 radical (unpaired) electrons. The minimum absolute atomic E-state index is 0.104. The second-order valence-electron chi connectivity index (χ2n) is 10.9. The Kier molecular flexibility index (Phi) is 8.13. The first-order chi connectivity index (χ1) is 20.7. The monoisotopic (exact) mass is 629 g/mol. The molecule has 44 heavy (non-hydrogen) atoms. The molecule has 0 aliphatic carbocycles. The maximum absolute atomic E-state index is 13.7. The lowest BCUT2D eigenvalue weighted by atomic mass is 10.1. The normalized spacial score (nSPS) is 14.0. The molecule has 1 fully saturated rings. The second kappa shape index (κ2) is 11.7. The van der Waals surface area contributed by atoms with Crippen LogP contribution in [0.15, 0.2) is 43.0 Å². The molecule has 2 amide bonds. The van der Waals surface area contributed by atoms with E-state index in [1.807, 2.05) is 0 Å². The number of nitrogens with zero attached hydrogens (tertiary/aromatic N) is 8. The molecule has 1 aliphatic rings. The van der Waals surface area contributed by atoms with E-state index < -0.39 is 23.6 Å². The summed E-state index contributed by atoms with van der Waals surface area (Å²) >= 11 is 6.50. The average Bonchev–Trinajstić information content (AvgIpc) is 3.57. The van der Waals surface area contributed by atoms with Gasteiger partial charge in [0.15, 0.2) is 17.2 Å². The number of benzene rings is 1. The summed E-state index contributed by atoms with van der Waals surface area (Å²) in [5.41, 5.74) is -0.936. The molecule has 0 unspecified atom stereocenters. The van der Waals surface area contributed by atoms with Crippen LogP contribution in [0.3, 0.4) is 0 Å². The van der Waals surface area contributed by atoms with Crippen molar-refractivity contribution in [1.29, 1.82) is 5.26 Å². The molecule has 1 aromatic carbocycles. The van der Waals surface area contributed by atoms with Gasteiger partial charge in [-0.2, -0.15) is 23.5 Å². The third-order valence-corrected chi connectivity index (χ3v) is 6.96. The zero-order valence-corrected chi connectivity index (χ0v) is 24.6. The number of carbonyl (C=O) groups excluding carboxylic acids is 2. The van der Waals surface area contributed by atoms with Crippen LogP contribution in [0.1, 0.15) is 36.8 Å². The Bertz CT molecular complexity index is 1760. The van der Waals surface area contributed by atoms with Crippen molar-refractivity contribution < 1.29 is 27.5 Å². The predicted molar refractivity (Wildman–Crippen MR) is 153 cm³/mol. The molecule has 5 rings (SSSR count). The SMILES string of the molecule is CC(C)(C)OC(=O)N1CCN(C(=O)c2ccc(Nc3nccn4c(-c5cn(CC#N)nc5C(F)(F)F)cnc34)cc2Cl)CC1. The average molecular weight is 630 g/mol. The lowest BCUT2D eigenvalue weighted by Crippen LogP contribution is -2.51. The Morgan fingerprint density at radius 2 is 1.82 bits per heavy atom. The summed E-state index contributed by atoms with van der Waals surface area (Å²) in [7, 11) is 0. The minimum atomic E-state index is -4.75. The molecular formula is C28H27ClF3N9O3. The highest BCUT2D eigenvalue weighted by molar-refractivity contribution is 6.34. The number of anilines is 2. The quantitative estimate of drug-likeness (QED) is 0.317. The van der Waals surface area contributed by atoms with E-state index in [4.69, 9.17) is 21.6 Å². The Labute approximate surface area is 254 Å². The van der Waals surface area contributed by atoms with Gasteiger partial charge in [0.2, 0.25) is 0 Å². The third-order valence-electron chi connectivity index (χ3n) is 6.65. The summed E-state index contributed by atoms with van der Waals surface area (Å²) in [6, 6.07) is 6.50. The number of ether oxygens (including phenoxy) is 1. The number of aromatic nitrogens is 5. The zero-order valence-electron chi connectivity index (χ0n) is 23.9. The van der Waals surface area contributed by atoms with E-state index in [1.165, 1.54) is 29.1 Å². The molecule has 12 nitrogen and oxygen atoms in total. The van der Waals surface area contributed by atoms with Gasteiger partial charge in [0.25, 0.3) is 5.91 Å². The van der Waals surface area contributed by atoms with E-state index in [9.17, 15) is 22.8 Å². The van der Waals surface area contributed by atoms with E-state index >= 15 is 0 Å². The van der Waals surface area contributed by atoms with Gasteiger partial charge in [0.1, 0.15) is 12.1 Å². The van der Waals surface area contributed by atoms with Gasteiger partial charge in [0, 0.05) is 50.5 Å². The molecule has 1 N–H and O–H groups in total. The molecule has 3 aromatic heterocycles. The topological polar surface area (TPSA) is 134 Å². The summed E-state index contributed by atoms with van der Waals surface area (Å²) in [5, 5.41) is 15.7. The van der Waals surface area contributed by atoms with E-state index in [0.717, 1.165) is 10.9 Å². The fourth-order valence-corrected chi connectivity index (χ4v) is 4.93. The van der Waals surface area contributed by atoms with E-state index in [-0.39, 0.29) is 45.8 Å². The minimum Gasteiger partial charge on any atom is -0.444 e. The van der Waals surface area contributed by atoms with Crippen LogP contribution >= 0.6 is 11.6 Å². The highest BCUT2D eigenvalue weighted by Crippen LogP contribution is 2.37.